The van der Waals surface area contributed by atoms with E-state index in [4.69, 9.17) is 12.2 Å². The van der Waals surface area contributed by atoms with Crippen LogP contribution in [0.3, 0.4) is 0 Å². The first-order chi connectivity index (χ1) is 15.5. The number of nitrogens with one attached hydrogen (secondary N) is 3. The Labute approximate surface area is 185 Å². The Morgan fingerprint density at radius 2 is 1.84 bits per heavy atom. The molecule has 1 amide bonds. The Morgan fingerprint density at radius 3 is 2.66 bits per heavy atom. The summed E-state index contributed by atoms with van der Waals surface area (Å²) < 4.78 is 29.7. The number of aromatic nitrogens is 4. The van der Waals surface area contributed by atoms with Crippen LogP contribution in [0.5, 0.6) is 0 Å². The Kier molecular flexibility index (Phi) is 4.87. The zero-order valence-electron chi connectivity index (χ0n) is 16.4. The molecule has 0 spiro atoms. The number of anilines is 1. The number of hydrogen-bond acceptors (Lipinski definition) is 3. The molecule has 0 aliphatic rings. The van der Waals surface area contributed by atoms with Crippen LogP contribution in [0.4, 0.5) is 14.5 Å². The fourth-order valence-electron chi connectivity index (χ4n) is 3.46. The molecule has 0 aliphatic heterocycles. The minimum absolute atomic E-state index is 0.0287. The summed E-state index contributed by atoms with van der Waals surface area (Å²) in [5.74, 6) is -1.31. The van der Waals surface area contributed by atoms with Gasteiger partial charge in [-0.1, -0.05) is 18.2 Å². The molecule has 5 rings (SSSR count). The molecule has 158 valence electrons. The highest BCUT2D eigenvalue weighted by molar-refractivity contribution is 7.71. The van der Waals surface area contributed by atoms with Crippen LogP contribution in [0.15, 0.2) is 72.9 Å². The van der Waals surface area contributed by atoms with Gasteiger partial charge in [0.15, 0.2) is 4.77 Å². The summed E-state index contributed by atoms with van der Waals surface area (Å²) in [7, 11) is 0. The van der Waals surface area contributed by atoms with Crippen LogP contribution in [-0.2, 0) is 0 Å². The van der Waals surface area contributed by atoms with Crippen molar-refractivity contribution >= 4 is 34.8 Å². The van der Waals surface area contributed by atoms with E-state index in [1.54, 1.807) is 29.0 Å². The number of carbonyl (C=O) groups is 1. The summed E-state index contributed by atoms with van der Waals surface area (Å²) in [6.45, 7) is 0. The molecule has 0 bridgehead atoms. The van der Waals surface area contributed by atoms with Crippen LogP contribution in [0, 0.1) is 16.4 Å². The number of fused-ring (bicyclic) bond motifs is 1. The molecule has 9 heteroatoms. The summed E-state index contributed by atoms with van der Waals surface area (Å²) in [5, 5.41) is 2.84. The van der Waals surface area contributed by atoms with Gasteiger partial charge in [0.25, 0.3) is 5.91 Å². The van der Waals surface area contributed by atoms with Crippen LogP contribution in [0.1, 0.15) is 10.5 Å². The van der Waals surface area contributed by atoms with Crippen molar-refractivity contribution in [1.29, 1.82) is 0 Å². The highest BCUT2D eigenvalue weighted by Gasteiger charge is 2.16. The number of halogens is 2. The number of para-hydroxylation sites is 1. The molecule has 0 aliphatic carbocycles. The van der Waals surface area contributed by atoms with Crippen molar-refractivity contribution in [3.8, 4) is 17.1 Å². The highest BCUT2D eigenvalue weighted by Crippen LogP contribution is 2.26. The molecule has 0 unspecified atom stereocenters. The van der Waals surface area contributed by atoms with Crippen LogP contribution in [-0.4, -0.2) is 25.4 Å². The van der Waals surface area contributed by atoms with E-state index in [1.165, 1.54) is 0 Å². The number of amides is 1. The maximum absolute atomic E-state index is 14.1. The van der Waals surface area contributed by atoms with Crippen molar-refractivity contribution in [2.24, 2.45) is 0 Å². The zero-order chi connectivity index (χ0) is 22.2. The maximum atomic E-state index is 14.1. The molecule has 0 saturated carbocycles. The minimum Gasteiger partial charge on any atom is -0.338 e. The van der Waals surface area contributed by atoms with Crippen molar-refractivity contribution in [2.45, 2.75) is 0 Å². The molecule has 2 aromatic heterocycles. The predicted octanol–water partition coefficient (Wildman–Crippen LogP) is 5.61. The second-order valence-electron chi connectivity index (χ2n) is 7.05. The fourth-order valence-corrected chi connectivity index (χ4v) is 3.72. The number of H-pyrrole nitrogens is 2. The number of carbonyl (C=O) groups excluding carboxylic acids is 1. The molecule has 32 heavy (non-hydrogen) atoms. The van der Waals surface area contributed by atoms with E-state index in [0.717, 1.165) is 23.9 Å². The van der Waals surface area contributed by atoms with Gasteiger partial charge < -0.3 is 15.3 Å². The second kappa shape index (κ2) is 7.86. The first-order valence-corrected chi connectivity index (χ1v) is 10.0. The molecule has 3 N–H and O–H groups in total. The van der Waals surface area contributed by atoms with Gasteiger partial charge in [0.05, 0.1) is 16.6 Å². The van der Waals surface area contributed by atoms with E-state index < -0.39 is 11.6 Å². The van der Waals surface area contributed by atoms with E-state index >= 15 is 0 Å². The largest absolute Gasteiger partial charge is 0.338 e. The van der Waals surface area contributed by atoms with Gasteiger partial charge in [-0.15, -0.1) is 0 Å². The average molecular weight is 447 g/mol. The van der Waals surface area contributed by atoms with E-state index in [1.807, 2.05) is 30.3 Å². The molecule has 2 heterocycles. The molecule has 0 radical (unpaired) electrons. The molecular formula is C23H15F2N5OS. The van der Waals surface area contributed by atoms with Gasteiger partial charge in [0.2, 0.25) is 0 Å². The van der Waals surface area contributed by atoms with Gasteiger partial charge in [-0.25, -0.2) is 13.8 Å². The summed E-state index contributed by atoms with van der Waals surface area (Å²) >= 11 is 5.33. The smallest absolute Gasteiger partial charge is 0.274 e. The highest BCUT2D eigenvalue weighted by atomic mass is 32.1. The SMILES string of the molecule is O=C(Nc1ccc2nc(-c3cc(F)ccc3F)[nH]c2c1)c1c[nH]c(=S)n1-c1ccccc1. The van der Waals surface area contributed by atoms with Gasteiger partial charge in [0.1, 0.15) is 23.2 Å². The van der Waals surface area contributed by atoms with Crippen LogP contribution >= 0.6 is 12.2 Å². The van der Waals surface area contributed by atoms with Gasteiger partial charge in [-0.05, 0) is 60.7 Å². The van der Waals surface area contributed by atoms with Gasteiger partial charge in [-0.2, -0.15) is 0 Å². The lowest BCUT2D eigenvalue weighted by atomic mass is 10.2. The summed E-state index contributed by atoms with van der Waals surface area (Å²) in [5.41, 5.74) is 2.75. The van der Waals surface area contributed by atoms with Gasteiger partial charge in [-0.3, -0.25) is 9.36 Å². The number of hydrogen-bond donors (Lipinski definition) is 3. The van der Waals surface area contributed by atoms with E-state index in [-0.39, 0.29) is 17.3 Å². The van der Waals surface area contributed by atoms with Crippen LogP contribution < -0.4 is 5.32 Å². The number of nitrogens with zero attached hydrogens (tertiary/aromatic N) is 2. The molecule has 3 aromatic carbocycles. The predicted molar refractivity (Wildman–Crippen MR) is 120 cm³/mol. The lowest BCUT2D eigenvalue weighted by Crippen LogP contribution is -2.16. The molecule has 5 aromatic rings. The van der Waals surface area contributed by atoms with Gasteiger partial charge in [0, 0.05) is 17.6 Å². The van der Waals surface area contributed by atoms with Gasteiger partial charge >= 0.3 is 0 Å². The zero-order valence-corrected chi connectivity index (χ0v) is 17.2. The molecule has 6 nitrogen and oxygen atoms in total. The first-order valence-electron chi connectivity index (χ1n) is 9.62. The minimum atomic E-state index is -0.586. The van der Waals surface area contributed by atoms with Crippen molar-refractivity contribution in [2.75, 3.05) is 5.32 Å². The van der Waals surface area contributed by atoms with Crippen molar-refractivity contribution < 1.29 is 13.6 Å². The standard InChI is InChI=1S/C23H15F2N5OS/c24-13-6-8-17(25)16(10-13)21-28-18-9-7-14(11-19(18)29-21)27-22(31)20-12-26-23(32)30(20)15-4-2-1-3-5-15/h1-12H,(H,26,32)(H,27,31)(H,28,29). The number of aromatic amines is 2. The second-order valence-corrected chi connectivity index (χ2v) is 7.43. The lowest BCUT2D eigenvalue weighted by molar-refractivity contribution is 0.102. The summed E-state index contributed by atoms with van der Waals surface area (Å²) in [6.07, 6.45) is 1.55. The number of benzene rings is 3. The normalized spacial score (nSPS) is 11.1. The van der Waals surface area contributed by atoms with Crippen LogP contribution in [0.25, 0.3) is 28.1 Å². The van der Waals surface area contributed by atoms with E-state index in [9.17, 15) is 13.6 Å². The van der Waals surface area contributed by atoms with E-state index in [2.05, 4.69) is 20.3 Å². The Balaban J connectivity index is 1.46. The Morgan fingerprint density at radius 1 is 1.03 bits per heavy atom. The number of rotatable bonds is 4. The summed E-state index contributed by atoms with van der Waals surface area (Å²) in [4.78, 5) is 23.1. The molecular weight excluding hydrogens is 432 g/mol. The quantitative estimate of drug-likeness (QED) is 0.314. The topological polar surface area (TPSA) is 78.5 Å². The van der Waals surface area contributed by atoms with Crippen molar-refractivity contribution in [3.05, 3.63) is 95.0 Å². The van der Waals surface area contributed by atoms with Crippen molar-refractivity contribution in [3.63, 3.8) is 0 Å². The monoisotopic (exact) mass is 447 g/mol. The molecule has 0 saturated heterocycles. The third-order valence-electron chi connectivity index (χ3n) is 4.95. The Bertz CT molecular complexity index is 1520. The maximum Gasteiger partial charge on any atom is 0.274 e. The molecule has 0 atom stereocenters. The van der Waals surface area contributed by atoms with Crippen LogP contribution in [0.2, 0.25) is 0 Å². The third-order valence-corrected chi connectivity index (χ3v) is 5.25. The number of imidazole rings is 2. The van der Waals surface area contributed by atoms with E-state index in [0.29, 0.717) is 27.2 Å². The third kappa shape index (κ3) is 3.58. The summed E-state index contributed by atoms with van der Waals surface area (Å²) in [6, 6.07) is 17.5. The Hall–Kier alpha value is -4.11. The first kappa shape index (κ1) is 19.8. The van der Waals surface area contributed by atoms with Crippen molar-refractivity contribution in [1.82, 2.24) is 19.5 Å². The fraction of sp³-hybridized carbons (Fsp3) is 0. The molecule has 0 fully saturated rings. The average Bonchev–Trinajstić information content (AvgIpc) is 3.39. The lowest BCUT2D eigenvalue weighted by Gasteiger charge is -2.09.